The molecule has 0 radical (unpaired) electrons. The molecule has 3 rings (SSSR count). The van der Waals surface area contributed by atoms with Crippen LogP contribution in [-0.2, 0) is 4.79 Å². The number of nitrogens with zero attached hydrogens (tertiary/aromatic N) is 3. The lowest BCUT2D eigenvalue weighted by molar-refractivity contribution is -0.121. The van der Waals surface area contributed by atoms with Gasteiger partial charge in [0.1, 0.15) is 15.4 Å². The third-order valence-corrected chi connectivity index (χ3v) is 5.42. The van der Waals surface area contributed by atoms with E-state index in [0.717, 1.165) is 32.8 Å². The summed E-state index contributed by atoms with van der Waals surface area (Å²) >= 11 is 11.1. The van der Waals surface area contributed by atoms with Crippen molar-refractivity contribution >= 4 is 79.0 Å². The number of hydrogen-bond donors (Lipinski definition) is 0. The Morgan fingerprint density at radius 3 is 2.85 bits per heavy atom. The number of rotatable bonds is 2. The average Bonchev–Trinajstić information content (AvgIpc) is 3.00. The minimum Gasteiger partial charge on any atom is -0.293 e. The number of thiocarbonyl (C=S) groups is 1. The molecule has 2 heterocycles. The molecule has 1 fully saturated rings. The second-order valence-electron chi connectivity index (χ2n) is 4.02. The number of aromatic nitrogens is 2. The van der Waals surface area contributed by atoms with Crippen molar-refractivity contribution in [3.8, 4) is 0 Å². The van der Waals surface area contributed by atoms with Gasteiger partial charge in [0.25, 0.3) is 5.91 Å². The Kier molecular flexibility index (Phi) is 3.89. The fourth-order valence-corrected chi connectivity index (χ4v) is 4.37. The van der Waals surface area contributed by atoms with Crippen molar-refractivity contribution in [1.29, 1.82) is 0 Å². The molecular formula is C12H8BrN3OS3. The van der Waals surface area contributed by atoms with Gasteiger partial charge in [-0.25, -0.2) is 0 Å². The molecular weight excluding hydrogens is 378 g/mol. The highest BCUT2D eigenvalue weighted by Crippen LogP contribution is 2.34. The van der Waals surface area contributed by atoms with Gasteiger partial charge in [0.15, 0.2) is 0 Å². The van der Waals surface area contributed by atoms with Gasteiger partial charge >= 0.3 is 0 Å². The summed E-state index contributed by atoms with van der Waals surface area (Å²) in [5.41, 5.74) is 2.49. The Labute approximate surface area is 137 Å². The van der Waals surface area contributed by atoms with E-state index in [9.17, 15) is 4.79 Å². The first-order valence-electron chi connectivity index (χ1n) is 5.78. The topological polar surface area (TPSA) is 46.1 Å². The third-order valence-electron chi connectivity index (χ3n) is 2.87. The Morgan fingerprint density at radius 1 is 1.40 bits per heavy atom. The minimum atomic E-state index is -0.0400. The first-order valence-corrected chi connectivity index (χ1v) is 8.52. The molecule has 1 aliphatic heterocycles. The van der Waals surface area contributed by atoms with E-state index < -0.39 is 0 Å². The smallest absolute Gasteiger partial charge is 0.266 e. The number of amides is 1. The van der Waals surface area contributed by atoms with Gasteiger partial charge in [-0.2, -0.15) is 8.75 Å². The van der Waals surface area contributed by atoms with Gasteiger partial charge in [-0.3, -0.25) is 9.69 Å². The number of carbonyl (C=O) groups is 1. The maximum Gasteiger partial charge on any atom is 0.266 e. The van der Waals surface area contributed by atoms with E-state index in [-0.39, 0.29) is 5.91 Å². The summed E-state index contributed by atoms with van der Waals surface area (Å²) < 4.78 is 10.0. The summed E-state index contributed by atoms with van der Waals surface area (Å²) in [6, 6.07) is 3.84. The zero-order valence-corrected chi connectivity index (χ0v) is 14.3. The largest absolute Gasteiger partial charge is 0.293 e. The normalized spacial score (nSPS) is 17.7. The number of carbonyl (C=O) groups excluding carboxylic acids is 1. The van der Waals surface area contributed by atoms with Crippen molar-refractivity contribution in [2.24, 2.45) is 0 Å². The molecule has 4 nitrogen and oxygen atoms in total. The predicted molar refractivity (Wildman–Crippen MR) is 90.7 cm³/mol. The van der Waals surface area contributed by atoms with Crippen LogP contribution in [0.25, 0.3) is 17.1 Å². The molecule has 20 heavy (non-hydrogen) atoms. The van der Waals surface area contributed by atoms with E-state index in [2.05, 4.69) is 24.7 Å². The molecule has 0 bridgehead atoms. The lowest BCUT2D eigenvalue weighted by Gasteiger charge is -2.09. The Hall–Kier alpha value is -0.830. The average molecular weight is 386 g/mol. The molecule has 1 saturated heterocycles. The fraction of sp³-hybridized carbons (Fsp3) is 0.167. The maximum absolute atomic E-state index is 12.2. The lowest BCUT2D eigenvalue weighted by Crippen LogP contribution is -2.27. The SMILES string of the molecule is CCN1C(=O)/C(=C/c2ccc(Br)c3nsnc23)SC1=S. The third kappa shape index (κ3) is 2.30. The molecule has 1 aromatic heterocycles. The van der Waals surface area contributed by atoms with Gasteiger partial charge in [-0.1, -0.05) is 30.0 Å². The molecule has 0 N–H and O–H groups in total. The number of thioether (sulfide) groups is 1. The van der Waals surface area contributed by atoms with E-state index in [1.807, 2.05) is 25.1 Å². The summed E-state index contributed by atoms with van der Waals surface area (Å²) in [4.78, 5) is 14.4. The number of benzene rings is 1. The molecule has 1 amide bonds. The molecule has 0 unspecified atom stereocenters. The Bertz CT molecular complexity index is 755. The van der Waals surface area contributed by atoms with Gasteiger partial charge in [0, 0.05) is 16.6 Å². The minimum absolute atomic E-state index is 0.0400. The lowest BCUT2D eigenvalue weighted by atomic mass is 10.1. The number of halogens is 1. The van der Waals surface area contributed by atoms with Gasteiger partial charge < -0.3 is 0 Å². The first-order chi connectivity index (χ1) is 9.61. The van der Waals surface area contributed by atoms with Crippen molar-refractivity contribution in [2.45, 2.75) is 6.92 Å². The fourth-order valence-electron chi connectivity index (χ4n) is 1.89. The van der Waals surface area contributed by atoms with Crippen molar-refractivity contribution in [3.05, 3.63) is 27.1 Å². The Morgan fingerprint density at radius 2 is 2.15 bits per heavy atom. The van der Waals surface area contributed by atoms with Crippen molar-refractivity contribution in [1.82, 2.24) is 13.6 Å². The first kappa shape index (κ1) is 14.1. The van der Waals surface area contributed by atoms with Crippen LogP contribution in [0.15, 0.2) is 21.5 Å². The number of fused-ring (bicyclic) bond motifs is 1. The monoisotopic (exact) mass is 385 g/mol. The molecule has 2 aromatic rings. The molecule has 1 aliphatic rings. The van der Waals surface area contributed by atoms with Crippen LogP contribution in [0.5, 0.6) is 0 Å². The second kappa shape index (κ2) is 5.51. The quantitative estimate of drug-likeness (QED) is 0.582. The zero-order chi connectivity index (χ0) is 14.3. The van der Waals surface area contributed by atoms with Crippen LogP contribution < -0.4 is 0 Å². The van der Waals surface area contributed by atoms with Crippen LogP contribution in [0.1, 0.15) is 12.5 Å². The van der Waals surface area contributed by atoms with Gasteiger partial charge in [0.2, 0.25) is 0 Å². The van der Waals surface area contributed by atoms with E-state index >= 15 is 0 Å². The molecule has 102 valence electrons. The summed E-state index contributed by atoms with van der Waals surface area (Å²) in [6.45, 7) is 2.51. The number of hydrogen-bond acceptors (Lipinski definition) is 6. The second-order valence-corrected chi connectivity index (χ2v) is 7.08. The van der Waals surface area contributed by atoms with Crippen LogP contribution in [0.3, 0.4) is 0 Å². The van der Waals surface area contributed by atoms with Gasteiger partial charge in [0.05, 0.1) is 16.6 Å². The van der Waals surface area contributed by atoms with Gasteiger partial charge in [-0.15, -0.1) is 0 Å². The maximum atomic E-state index is 12.2. The van der Waals surface area contributed by atoms with Crippen molar-refractivity contribution < 1.29 is 4.79 Å². The molecule has 1 aromatic carbocycles. The van der Waals surface area contributed by atoms with E-state index in [4.69, 9.17) is 12.2 Å². The summed E-state index contributed by atoms with van der Waals surface area (Å²) in [5, 5.41) is 0. The molecule has 0 spiro atoms. The van der Waals surface area contributed by atoms with E-state index in [1.165, 1.54) is 11.8 Å². The highest BCUT2D eigenvalue weighted by atomic mass is 79.9. The number of likely N-dealkylation sites (N-methyl/N-ethyl adjacent to an activating group) is 1. The zero-order valence-electron chi connectivity index (χ0n) is 10.3. The Balaban J connectivity index is 2.07. The van der Waals surface area contributed by atoms with E-state index in [1.54, 1.807) is 4.90 Å². The van der Waals surface area contributed by atoms with Crippen LogP contribution in [-0.4, -0.2) is 30.4 Å². The highest BCUT2D eigenvalue weighted by Gasteiger charge is 2.30. The molecule has 0 aliphatic carbocycles. The van der Waals surface area contributed by atoms with Crippen molar-refractivity contribution in [3.63, 3.8) is 0 Å². The summed E-state index contributed by atoms with van der Waals surface area (Å²) in [6.07, 6.45) is 1.84. The summed E-state index contributed by atoms with van der Waals surface area (Å²) in [7, 11) is 0. The standard InChI is InChI=1S/C12H8BrN3OS3/c1-2-16-11(17)8(19-12(16)18)5-6-3-4-7(13)10-9(6)14-20-15-10/h3-5H,2H2,1H3/b8-5-. The van der Waals surface area contributed by atoms with Crippen LogP contribution in [0.4, 0.5) is 0 Å². The summed E-state index contributed by atoms with van der Waals surface area (Å²) in [5.74, 6) is -0.0400. The van der Waals surface area contributed by atoms with Crippen molar-refractivity contribution in [2.75, 3.05) is 6.54 Å². The highest BCUT2D eigenvalue weighted by molar-refractivity contribution is 9.10. The van der Waals surface area contributed by atoms with Crippen LogP contribution in [0, 0.1) is 0 Å². The molecule has 0 atom stereocenters. The molecule has 8 heteroatoms. The molecule has 0 saturated carbocycles. The van der Waals surface area contributed by atoms with E-state index in [0.29, 0.717) is 15.8 Å². The predicted octanol–water partition coefficient (Wildman–Crippen LogP) is 3.67. The van der Waals surface area contributed by atoms with Crippen LogP contribution >= 0.6 is 51.6 Å². The van der Waals surface area contributed by atoms with Gasteiger partial charge in [-0.05, 0) is 35.0 Å². The van der Waals surface area contributed by atoms with Crippen LogP contribution in [0.2, 0.25) is 0 Å².